The van der Waals surface area contributed by atoms with Crippen molar-refractivity contribution in [2.24, 2.45) is 5.92 Å². The van der Waals surface area contributed by atoms with Gasteiger partial charge >= 0.3 is 0 Å². The fourth-order valence-corrected chi connectivity index (χ4v) is 3.42. The van der Waals surface area contributed by atoms with Crippen LogP contribution in [0.25, 0.3) is 0 Å². The number of piperidine rings is 1. The van der Waals surface area contributed by atoms with Crippen molar-refractivity contribution in [2.75, 3.05) is 69.8 Å². The third-order valence-electron chi connectivity index (χ3n) is 4.62. The number of halogens is 1. The Hall–Kier alpha value is -1.47. The molecular formula is C16H26FN5O. The fourth-order valence-electron chi connectivity index (χ4n) is 3.42. The molecule has 0 aromatic carbocycles. The molecule has 7 heteroatoms. The summed E-state index contributed by atoms with van der Waals surface area (Å²) in [5.74, 6) is 1.24. The summed E-state index contributed by atoms with van der Waals surface area (Å²) in [6.45, 7) is 5.75. The molecule has 0 bridgehead atoms. The SMILES string of the molecule is CN1CCCC(CN(C)c2ncc(F)c(N3CCOCC3)n2)C1. The van der Waals surface area contributed by atoms with Crippen LogP contribution in [-0.4, -0.2) is 74.9 Å². The minimum absolute atomic E-state index is 0.360. The third kappa shape index (κ3) is 4.09. The topological polar surface area (TPSA) is 44.7 Å². The van der Waals surface area contributed by atoms with Gasteiger partial charge in [-0.15, -0.1) is 0 Å². The smallest absolute Gasteiger partial charge is 0.227 e. The first-order valence-electron chi connectivity index (χ1n) is 8.38. The Bertz CT molecular complexity index is 523. The highest BCUT2D eigenvalue weighted by Gasteiger charge is 2.22. The van der Waals surface area contributed by atoms with Crippen molar-refractivity contribution in [2.45, 2.75) is 12.8 Å². The summed E-state index contributed by atoms with van der Waals surface area (Å²) in [6.07, 6.45) is 3.75. The molecule has 3 heterocycles. The molecule has 2 aliphatic rings. The summed E-state index contributed by atoms with van der Waals surface area (Å²) in [6, 6.07) is 0. The molecule has 23 heavy (non-hydrogen) atoms. The van der Waals surface area contributed by atoms with Gasteiger partial charge in [0, 0.05) is 33.2 Å². The van der Waals surface area contributed by atoms with Gasteiger partial charge in [-0.3, -0.25) is 0 Å². The first-order valence-corrected chi connectivity index (χ1v) is 8.38. The van der Waals surface area contributed by atoms with Gasteiger partial charge < -0.3 is 19.4 Å². The molecule has 0 radical (unpaired) electrons. The van der Waals surface area contributed by atoms with Crippen LogP contribution >= 0.6 is 0 Å². The quantitative estimate of drug-likeness (QED) is 0.830. The molecule has 2 saturated heterocycles. The van der Waals surface area contributed by atoms with E-state index in [0.29, 0.717) is 44.0 Å². The molecule has 0 amide bonds. The zero-order valence-corrected chi connectivity index (χ0v) is 14.0. The Balaban J connectivity index is 1.69. The molecule has 6 nitrogen and oxygen atoms in total. The lowest BCUT2D eigenvalue weighted by Crippen LogP contribution is -2.39. The van der Waals surface area contributed by atoms with Gasteiger partial charge in [0.1, 0.15) is 0 Å². The number of nitrogens with zero attached hydrogens (tertiary/aromatic N) is 5. The predicted octanol–water partition coefficient (Wildman–Crippen LogP) is 1.23. The Morgan fingerprint density at radius 2 is 2.13 bits per heavy atom. The van der Waals surface area contributed by atoms with Crippen molar-refractivity contribution in [1.29, 1.82) is 0 Å². The van der Waals surface area contributed by atoms with Crippen LogP contribution in [0.3, 0.4) is 0 Å². The van der Waals surface area contributed by atoms with Crippen LogP contribution in [0.5, 0.6) is 0 Å². The summed E-state index contributed by atoms with van der Waals surface area (Å²) in [5.41, 5.74) is 0. The van der Waals surface area contributed by atoms with E-state index in [1.807, 2.05) is 16.8 Å². The van der Waals surface area contributed by atoms with Crippen LogP contribution < -0.4 is 9.80 Å². The van der Waals surface area contributed by atoms with E-state index in [1.54, 1.807) is 0 Å². The molecule has 1 unspecified atom stereocenters. The van der Waals surface area contributed by atoms with Crippen molar-refractivity contribution in [3.05, 3.63) is 12.0 Å². The van der Waals surface area contributed by atoms with E-state index in [4.69, 9.17) is 4.74 Å². The number of hydrogen-bond acceptors (Lipinski definition) is 6. The summed E-state index contributed by atoms with van der Waals surface area (Å²) in [5, 5.41) is 0. The second kappa shape index (κ2) is 7.40. The van der Waals surface area contributed by atoms with Crippen LogP contribution in [0.1, 0.15) is 12.8 Å². The molecule has 1 aromatic rings. The summed E-state index contributed by atoms with van der Waals surface area (Å²) < 4.78 is 19.4. The maximum atomic E-state index is 14.1. The van der Waals surface area contributed by atoms with E-state index in [2.05, 4.69) is 21.9 Å². The molecule has 0 N–H and O–H groups in total. The van der Waals surface area contributed by atoms with Crippen molar-refractivity contribution >= 4 is 11.8 Å². The number of likely N-dealkylation sites (tertiary alicyclic amines) is 1. The predicted molar refractivity (Wildman–Crippen MR) is 88.5 cm³/mol. The summed E-state index contributed by atoms with van der Waals surface area (Å²) in [4.78, 5) is 15.0. The maximum Gasteiger partial charge on any atom is 0.227 e. The lowest BCUT2D eigenvalue weighted by atomic mass is 9.98. The van der Waals surface area contributed by atoms with Gasteiger partial charge in [-0.25, -0.2) is 9.37 Å². The lowest BCUT2D eigenvalue weighted by Gasteiger charge is -2.33. The van der Waals surface area contributed by atoms with Crippen molar-refractivity contribution in [3.8, 4) is 0 Å². The Morgan fingerprint density at radius 1 is 1.35 bits per heavy atom. The maximum absolute atomic E-state index is 14.1. The van der Waals surface area contributed by atoms with Gasteiger partial charge in [0.25, 0.3) is 0 Å². The summed E-state index contributed by atoms with van der Waals surface area (Å²) in [7, 11) is 4.15. The number of anilines is 2. The van der Waals surface area contributed by atoms with Gasteiger partial charge in [-0.2, -0.15) is 4.98 Å². The van der Waals surface area contributed by atoms with E-state index in [-0.39, 0.29) is 5.82 Å². The van der Waals surface area contributed by atoms with Crippen LogP contribution in [0, 0.1) is 11.7 Å². The van der Waals surface area contributed by atoms with Gasteiger partial charge in [0.05, 0.1) is 19.4 Å². The highest BCUT2D eigenvalue weighted by Crippen LogP contribution is 2.22. The minimum Gasteiger partial charge on any atom is -0.378 e. The highest BCUT2D eigenvalue weighted by molar-refractivity contribution is 5.45. The van der Waals surface area contributed by atoms with Crippen molar-refractivity contribution in [3.63, 3.8) is 0 Å². The Kier molecular flexibility index (Phi) is 5.27. The van der Waals surface area contributed by atoms with Crippen LogP contribution in [0.4, 0.5) is 16.2 Å². The minimum atomic E-state index is -0.360. The van der Waals surface area contributed by atoms with Crippen molar-refractivity contribution in [1.82, 2.24) is 14.9 Å². The van der Waals surface area contributed by atoms with E-state index >= 15 is 0 Å². The average molecular weight is 323 g/mol. The van der Waals surface area contributed by atoms with E-state index < -0.39 is 0 Å². The number of morpholine rings is 1. The molecule has 1 atom stereocenters. The van der Waals surface area contributed by atoms with Gasteiger partial charge in [-0.05, 0) is 32.4 Å². The second-order valence-electron chi connectivity index (χ2n) is 6.59. The van der Waals surface area contributed by atoms with E-state index in [9.17, 15) is 4.39 Å². The van der Waals surface area contributed by atoms with Gasteiger partial charge in [-0.1, -0.05) is 0 Å². The van der Waals surface area contributed by atoms with Gasteiger partial charge in [0.15, 0.2) is 11.6 Å². The molecule has 128 valence electrons. The molecule has 0 spiro atoms. The standard InChI is InChI=1S/C16H26FN5O/c1-20-5-3-4-13(11-20)12-21(2)16-18-10-14(17)15(19-16)22-6-8-23-9-7-22/h10,13H,3-9,11-12H2,1-2H3. The zero-order chi connectivity index (χ0) is 16.2. The van der Waals surface area contributed by atoms with Crippen LogP contribution in [-0.2, 0) is 4.74 Å². The van der Waals surface area contributed by atoms with Crippen molar-refractivity contribution < 1.29 is 9.13 Å². The number of hydrogen-bond donors (Lipinski definition) is 0. The highest BCUT2D eigenvalue weighted by atomic mass is 19.1. The molecule has 1 aromatic heterocycles. The number of rotatable bonds is 4. The van der Waals surface area contributed by atoms with Gasteiger partial charge in [0.2, 0.25) is 5.95 Å². The fraction of sp³-hybridized carbons (Fsp3) is 0.750. The first-order chi connectivity index (χ1) is 11.1. The van der Waals surface area contributed by atoms with Crippen LogP contribution in [0.2, 0.25) is 0 Å². The zero-order valence-electron chi connectivity index (χ0n) is 14.0. The molecule has 2 aliphatic heterocycles. The Labute approximate surface area is 137 Å². The number of aromatic nitrogens is 2. The monoisotopic (exact) mass is 323 g/mol. The number of ether oxygens (including phenoxy) is 1. The summed E-state index contributed by atoms with van der Waals surface area (Å²) >= 11 is 0. The first kappa shape index (κ1) is 16.4. The Morgan fingerprint density at radius 3 is 2.87 bits per heavy atom. The molecule has 0 aliphatic carbocycles. The molecule has 0 saturated carbocycles. The average Bonchev–Trinajstić information content (AvgIpc) is 2.56. The second-order valence-corrected chi connectivity index (χ2v) is 6.59. The van der Waals surface area contributed by atoms with E-state index in [1.165, 1.54) is 25.6 Å². The largest absolute Gasteiger partial charge is 0.378 e. The molecule has 3 rings (SSSR count). The molecule has 2 fully saturated rings. The lowest BCUT2D eigenvalue weighted by molar-refractivity contribution is 0.122. The third-order valence-corrected chi connectivity index (χ3v) is 4.62. The van der Waals surface area contributed by atoms with E-state index in [0.717, 1.165) is 13.1 Å². The van der Waals surface area contributed by atoms with Crippen LogP contribution in [0.15, 0.2) is 6.20 Å². The molecular weight excluding hydrogens is 297 g/mol. The normalized spacial score (nSPS) is 23.1.